The highest BCUT2D eigenvalue weighted by Crippen LogP contribution is 2.24. The second kappa shape index (κ2) is 8.54. The van der Waals surface area contributed by atoms with Crippen molar-refractivity contribution < 1.29 is 9.53 Å². The highest BCUT2D eigenvalue weighted by Gasteiger charge is 2.19. The molecule has 1 amide bonds. The number of aromatic amines is 1. The van der Waals surface area contributed by atoms with Crippen molar-refractivity contribution in [2.45, 2.75) is 6.92 Å². The summed E-state index contributed by atoms with van der Waals surface area (Å²) in [6.07, 6.45) is 3.41. The van der Waals surface area contributed by atoms with Crippen LogP contribution in [0.4, 0.5) is 0 Å². The summed E-state index contributed by atoms with van der Waals surface area (Å²) in [5.74, 6) is 1.24. The number of para-hydroxylation sites is 1. The van der Waals surface area contributed by atoms with Gasteiger partial charge < -0.3 is 14.6 Å². The van der Waals surface area contributed by atoms with E-state index < -0.39 is 0 Å². The van der Waals surface area contributed by atoms with Gasteiger partial charge in [-0.1, -0.05) is 41.9 Å². The maximum Gasteiger partial charge on any atom is 0.254 e. The molecule has 0 spiro atoms. The van der Waals surface area contributed by atoms with Crippen LogP contribution in [0, 0.1) is 0 Å². The van der Waals surface area contributed by atoms with Gasteiger partial charge >= 0.3 is 0 Å². The largest absolute Gasteiger partial charge is 0.490 e. The minimum absolute atomic E-state index is 0.0535. The Labute approximate surface area is 157 Å². The molecule has 0 fully saturated rings. The van der Waals surface area contributed by atoms with Gasteiger partial charge in [0.2, 0.25) is 0 Å². The van der Waals surface area contributed by atoms with Crippen LogP contribution in [-0.2, 0) is 0 Å². The summed E-state index contributed by atoms with van der Waals surface area (Å²) < 4.78 is 5.71. The molecule has 26 heavy (non-hydrogen) atoms. The Morgan fingerprint density at radius 1 is 1.19 bits per heavy atom. The van der Waals surface area contributed by atoms with Crippen LogP contribution in [0.1, 0.15) is 17.3 Å². The summed E-state index contributed by atoms with van der Waals surface area (Å²) in [5, 5.41) is 0.560. The number of amides is 1. The van der Waals surface area contributed by atoms with Gasteiger partial charge in [0.1, 0.15) is 18.2 Å². The van der Waals surface area contributed by atoms with E-state index in [9.17, 15) is 4.79 Å². The number of nitrogens with one attached hydrogen (secondary N) is 1. The second-order valence-corrected chi connectivity index (χ2v) is 6.05. The van der Waals surface area contributed by atoms with Gasteiger partial charge in [-0.15, -0.1) is 0 Å². The lowest BCUT2D eigenvalue weighted by Gasteiger charge is -2.22. The molecule has 0 bridgehead atoms. The van der Waals surface area contributed by atoms with Crippen LogP contribution < -0.4 is 4.74 Å². The number of carbonyl (C=O) groups excluding carboxylic acids is 1. The summed E-state index contributed by atoms with van der Waals surface area (Å²) in [4.78, 5) is 22.1. The van der Waals surface area contributed by atoms with Crippen LogP contribution >= 0.6 is 11.6 Å². The number of benzene rings is 2. The third-order valence-electron chi connectivity index (χ3n) is 4.04. The fourth-order valence-corrected chi connectivity index (χ4v) is 2.88. The molecule has 0 unspecified atom stereocenters. The predicted octanol–water partition coefficient (Wildman–Crippen LogP) is 4.27. The van der Waals surface area contributed by atoms with Crippen molar-refractivity contribution in [3.63, 3.8) is 0 Å². The third kappa shape index (κ3) is 4.06. The van der Waals surface area contributed by atoms with Crippen LogP contribution in [0.3, 0.4) is 0 Å². The Kier molecular flexibility index (Phi) is 5.92. The highest BCUT2D eigenvalue weighted by molar-refractivity contribution is 6.32. The lowest BCUT2D eigenvalue weighted by atomic mass is 10.1. The van der Waals surface area contributed by atoms with E-state index >= 15 is 0 Å². The Morgan fingerprint density at radius 2 is 1.96 bits per heavy atom. The van der Waals surface area contributed by atoms with E-state index in [-0.39, 0.29) is 5.91 Å². The van der Waals surface area contributed by atoms with E-state index in [0.717, 1.165) is 5.56 Å². The first-order valence-electron chi connectivity index (χ1n) is 8.46. The molecule has 5 nitrogen and oxygen atoms in total. The van der Waals surface area contributed by atoms with Gasteiger partial charge in [0.25, 0.3) is 5.91 Å². The van der Waals surface area contributed by atoms with Crippen LogP contribution in [0.5, 0.6) is 5.75 Å². The van der Waals surface area contributed by atoms with Gasteiger partial charge in [-0.2, -0.15) is 0 Å². The van der Waals surface area contributed by atoms with Crippen molar-refractivity contribution in [3.05, 3.63) is 71.5 Å². The number of ether oxygens (including phenoxy) is 1. The van der Waals surface area contributed by atoms with Gasteiger partial charge in [0.15, 0.2) is 0 Å². The molecule has 0 aliphatic rings. The van der Waals surface area contributed by atoms with Gasteiger partial charge in [-0.05, 0) is 25.1 Å². The van der Waals surface area contributed by atoms with Crippen molar-refractivity contribution in [2.75, 3.05) is 19.7 Å². The van der Waals surface area contributed by atoms with Crippen molar-refractivity contribution in [2.24, 2.45) is 0 Å². The maximum atomic E-state index is 13.0. The minimum atomic E-state index is -0.0535. The zero-order chi connectivity index (χ0) is 18.4. The monoisotopic (exact) mass is 369 g/mol. The average Bonchev–Trinajstić information content (AvgIpc) is 3.21. The topological polar surface area (TPSA) is 58.2 Å². The SMILES string of the molecule is CCN(CCOc1ccccc1Cl)C(=O)c1ccccc1-c1ncc[nH]1. The first-order chi connectivity index (χ1) is 12.7. The van der Waals surface area contributed by atoms with Crippen molar-refractivity contribution in [1.82, 2.24) is 14.9 Å². The van der Waals surface area contributed by atoms with E-state index in [1.807, 2.05) is 49.4 Å². The molecule has 0 aliphatic heterocycles. The fourth-order valence-electron chi connectivity index (χ4n) is 2.69. The number of halogens is 1. The predicted molar refractivity (Wildman–Crippen MR) is 103 cm³/mol. The maximum absolute atomic E-state index is 13.0. The van der Waals surface area contributed by atoms with Crippen LogP contribution in [0.25, 0.3) is 11.4 Å². The summed E-state index contributed by atoms with van der Waals surface area (Å²) in [5.41, 5.74) is 1.40. The molecular formula is C20H20ClN3O2. The van der Waals surface area contributed by atoms with Gasteiger partial charge in [0.05, 0.1) is 17.1 Å². The molecule has 1 N–H and O–H groups in total. The number of imidazole rings is 1. The van der Waals surface area contributed by atoms with Gasteiger partial charge in [0, 0.05) is 24.5 Å². The number of hydrogen-bond donors (Lipinski definition) is 1. The summed E-state index contributed by atoms with van der Waals surface area (Å²) in [7, 11) is 0. The molecule has 0 aliphatic carbocycles. The van der Waals surface area contributed by atoms with Gasteiger partial charge in [-0.3, -0.25) is 4.79 Å². The Bertz CT molecular complexity index is 865. The van der Waals surface area contributed by atoms with E-state index in [0.29, 0.717) is 41.9 Å². The van der Waals surface area contributed by atoms with Crippen molar-refractivity contribution in [3.8, 4) is 17.1 Å². The zero-order valence-electron chi connectivity index (χ0n) is 14.5. The summed E-state index contributed by atoms with van der Waals surface area (Å²) in [6.45, 7) is 3.36. The summed E-state index contributed by atoms with van der Waals surface area (Å²) >= 11 is 6.09. The van der Waals surface area contributed by atoms with Crippen molar-refractivity contribution >= 4 is 17.5 Å². The molecule has 1 aromatic heterocycles. The molecule has 6 heteroatoms. The molecule has 3 rings (SSSR count). The molecule has 0 saturated carbocycles. The number of hydrogen-bond acceptors (Lipinski definition) is 3. The molecule has 0 atom stereocenters. The number of nitrogens with zero attached hydrogens (tertiary/aromatic N) is 2. The first kappa shape index (κ1) is 18.0. The number of H-pyrrole nitrogens is 1. The number of carbonyl (C=O) groups is 1. The number of likely N-dealkylation sites (N-methyl/N-ethyl adjacent to an activating group) is 1. The standard InChI is InChI=1S/C20H20ClN3O2/c1-2-24(13-14-26-18-10-6-5-9-17(18)21)20(25)16-8-4-3-7-15(16)19-22-11-12-23-19/h3-12H,2,13-14H2,1H3,(H,22,23). The Balaban J connectivity index is 1.71. The quantitative estimate of drug-likeness (QED) is 0.676. The van der Waals surface area contributed by atoms with Gasteiger partial charge in [-0.25, -0.2) is 4.98 Å². The van der Waals surface area contributed by atoms with E-state index in [4.69, 9.17) is 16.3 Å². The lowest BCUT2D eigenvalue weighted by molar-refractivity contribution is 0.0740. The smallest absolute Gasteiger partial charge is 0.254 e. The molecular weight excluding hydrogens is 350 g/mol. The van der Waals surface area contributed by atoms with E-state index in [1.165, 1.54) is 0 Å². The number of rotatable bonds is 7. The highest BCUT2D eigenvalue weighted by atomic mass is 35.5. The zero-order valence-corrected chi connectivity index (χ0v) is 15.2. The van der Waals surface area contributed by atoms with Crippen LogP contribution in [-0.4, -0.2) is 40.5 Å². The molecule has 1 heterocycles. The summed E-state index contributed by atoms with van der Waals surface area (Å²) in [6, 6.07) is 14.8. The van der Waals surface area contributed by atoms with Crippen LogP contribution in [0.2, 0.25) is 5.02 Å². The third-order valence-corrected chi connectivity index (χ3v) is 4.35. The Morgan fingerprint density at radius 3 is 2.69 bits per heavy atom. The number of aromatic nitrogens is 2. The molecule has 0 radical (unpaired) electrons. The average molecular weight is 370 g/mol. The lowest BCUT2D eigenvalue weighted by Crippen LogP contribution is -2.34. The first-order valence-corrected chi connectivity index (χ1v) is 8.84. The second-order valence-electron chi connectivity index (χ2n) is 5.65. The molecule has 134 valence electrons. The Hall–Kier alpha value is -2.79. The molecule has 3 aromatic rings. The normalized spacial score (nSPS) is 10.5. The van der Waals surface area contributed by atoms with E-state index in [1.54, 1.807) is 23.4 Å². The molecule has 2 aromatic carbocycles. The van der Waals surface area contributed by atoms with Crippen LogP contribution in [0.15, 0.2) is 60.9 Å². The molecule has 0 saturated heterocycles. The van der Waals surface area contributed by atoms with E-state index in [2.05, 4.69) is 9.97 Å². The fraction of sp³-hybridized carbons (Fsp3) is 0.200. The minimum Gasteiger partial charge on any atom is -0.490 e. The van der Waals surface area contributed by atoms with Crippen molar-refractivity contribution in [1.29, 1.82) is 0 Å².